The molecule has 30 heavy (non-hydrogen) atoms. The molecule has 4 aromatic rings. The van der Waals surface area contributed by atoms with Crippen molar-refractivity contribution in [1.29, 1.82) is 0 Å². The maximum Gasteiger partial charge on any atom is 0.275 e. The molecule has 0 amide bonds. The SMILES string of the molecule is Cc1cc(Nc2nn(C(C)C)c(=O)c3cc(C(O)Cc4cccnc4)ccc23)n[nH]1. The van der Waals surface area contributed by atoms with Crippen LogP contribution >= 0.6 is 0 Å². The fraction of sp³-hybridized carbons (Fsp3) is 0.273. The van der Waals surface area contributed by atoms with Gasteiger partial charge in [-0.1, -0.05) is 18.2 Å². The van der Waals surface area contributed by atoms with E-state index in [2.05, 4.69) is 25.6 Å². The summed E-state index contributed by atoms with van der Waals surface area (Å²) in [6.45, 7) is 5.72. The zero-order chi connectivity index (χ0) is 21.3. The highest BCUT2D eigenvalue weighted by atomic mass is 16.3. The number of aryl methyl sites for hydroxylation is 1. The Kier molecular flexibility index (Phi) is 5.33. The van der Waals surface area contributed by atoms with Gasteiger partial charge in [-0.25, -0.2) is 4.68 Å². The largest absolute Gasteiger partial charge is 0.388 e. The van der Waals surface area contributed by atoms with Crippen LogP contribution in [0.1, 0.15) is 42.8 Å². The Morgan fingerprint density at radius 3 is 2.70 bits per heavy atom. The van der Waals surface area contributed by atoms with E-state index in [-0.39, 0.29) is 11.6 Å². The lowest BCUT2D eigenvalue weighted by Crippen LogP contribution is -2.26. The summed E-state index contributed by atoms with van der Waals surface area (Å²) in [6, 6.07) is 10.9. The van der Waals surface area contributed by atoms with Gasteiger partial charge in [-0.15, -0.1) is 0 Å². The highest BCUT2D eigenvalue weighted by Crippen LogP contribution is 2.26. The summed E-state index contributed by atoms with van der Waals surface area (Å²) in [7, 11) is 0. The number of aromatic amines is 1. The Morgan fingerprint density at radius 2 is 2.03 bits per heavy atom. The summed E-state index contributed by atoms with van der Waals surface area (Å²) >= 11 is 0. The molecule has 8 nitrogen and oxygen atoms in total. The molecule has 0 radical (unpaired) electrons. The van der Waals surface area contributed by atoms with E-state index in [0.29, 0.717) is 34.4 Å². The standard InChI is InChI=1S/C22H24N6O2/c1-13(2)28-22(30)18-11-16(19(29)10-15-5-4-8-23-12-15)6-7-17(18)21(27-28)24-20-9-14(3)25-26-20/h4-9,11-13,19,29H,10H2,1-3H3,(H2,24,25,26,27). The number of benzene rings is 1. The van der Waals surface area contributed by atoms with Crippen LogP contribution in [0.15, 0.2) is 53.6 Å². The van der Waals surface area contributed by atoms with Gasteiger partial charge in [0.15, 0.2) is 11.6 Å². The number of hydrogen-bond acceptors (Lipinski definition) is 6. The minimum absolute atomic E-state index is 0.118. The molecule has 1 atom stereocenters. The molecular weight excluding hydrogens is 380 g/mol. The second-order valence-corrected chi connectivity index (χ2v) is 7.64. The second kappa shape index (κ2) is 8.08. The van der Waals surface area contributed by atoms with Gasteiger partial charge in [0.05, 0.1) is 17.5 Å². The molecule has 3 N–H and O–H groups in total. The van der Waals surface area contributed by atoms with E-state index in [1.165, 1.54) is 4.68 Å². The topological polar surface area (TPSA) is 109 Å². The normalized spacial score (nSPS) is 12.4. The fourth-order valence-corrected chi connectivity index (χ4v) is 3.39. The van der Waals surface area contributed by atoms with E-state index in [4.69, 9.17) is 0 Å². The zero-order valence-corrected chi connectivity index (χ0v) is 17.1. The Morgan fingerprint density at radius 1 is 1.20 bits per heavy atom. The lowest BCUT2D eigenvalue weighted by Gasteiger charge is -2.16. The first kappa shape index (κ1) is 19.8. The number of H-pyrrole nitrogens is 1. The maximum absolute atomic E-state index is 13.1. The molecule has 0 aliphatic rings. The van der Waals surface area contributed by atoms with Gasteiger partial charge in [0.2, 0.25) is 0 Å². The molecule has 0 fully saturated rings. The molecule has 154 valence electrons. The van der Waals surface area contributed by atoms with Crippen molar-refractivity contribution in [3.8, 4) is 0 Å². The van der Waals surface area contributed by atoms with Crippen LogP contribution in [-0.2, 0) is 6.42 Å². The van der Waals surface area contributed by atoms with Gasteiger partial charge in [0, 0.05) is 36.0 Å². The first-order valence-electron chi connectivity index (χ1n) is 9.85. The van der Waals surface area contributed by atoms with Gasteiger partial charge in [0.25, 0.3) is 5.56 Å². The van der Waals surface area contributed by atoms with E-state index in [0.717, 1.165) is 11.3 Å². The Bertz CT molecular complexity index is 1230. The molecule has 0 saturated heterocycles. The molecule has 0 aliphatic heterocycles. The van der Waals surface area contributed by atoms with Gasteiger partial charge in [-0.2, -0.15) is 10.2 Å². The summed E-state index contributed by atoms with van der Waals surface area (Å²) in [4.78, 5) is 17.2. The van der Waals surface area contributed by atoms with Crippen molar-refractivity contribution in [3.05, 3.63) is 76.0 Å². The molecule has 8 heteroatoms. The summed E-state index contributed by atoms with van der Waals surface area (Å²) in [5.41, 5.74) is 2.32. The van der Waals surface area contributed by atoms with Crippen LogP contribution in [0.4, 0.5) is 11.6 Å². The molecule has 0 bridgehead atoms. The van der Waals surface area contributed by atoms with Gasteiger partial charge in [0.1, 0.15) is 0 Å². The smallest absolute Gasteiger partial charge is 0.275 e. The third kappa shape index (κ3) is 3.95. The highest BCUT2D eigenvalue weighted by molar-refractivity contribution is 5.92. The van der Waals surface area contributed by atoms with Crippen molar-refractivity contribution in [3.63, 3.8) is 0 Å². The summed E-state index contributed by atoms with van der Waals surface area (Å²) in [5.74, 6) is 1.16. The summed E-state index contributed by atoms with van der Waals surface area (Å²) in [5, 5.41) is 26.7. The number of aliphatic hydroxyl groups is 1. The van der Waals surface area contributed by atoms with Gasteiger partial charge in [-0.3, -0.25) is 14.9 Å². The molecule has 3 aromatic heterocycles. The van der Waals surface area contributed by atoms with Crippen LogP contribution < -0.4 is 10.9 Å². The number of nitrogens with zero attached hydrogens (tertiary/aromatic N) is 4. The predicted molar refractivity (Wildman–Crippen MR) is 116 cm³/mol. The van der Waals surface area contributed by atoms with E-state index < -0.39 is 6.10 Å². The first-order chi connectivity index (χ1) is 14.4. The monoisotopic (exact) mass is 404 g/mol. The third-order valence-corrected chi connectivity index (χ3v) is 4.92. The van der Waals surface area contributed by atoms with Crippen LogP contribution in [0.25, 0.3) is 10.8 Å². The summed E-state index contributed by atoms with van der Waals surface area (Å²) in [6.07, 6.45) is 3.10. The van der Waals surface area contributed by atoms with E-state index in [9.17, 15) is 9.90 Å². The molecule has 1 unspecified atom stereocenters. The van der Waals surface area contributed by atoms with Gasteiger partial charge < -0.3 is 10.4 Å². The number of aromatic nitrogens is 5. The average molecular weight is 404 g/mol. The average Bonchev–Trinajstić information content (AvgIpc) is 3.15. The Balaban J connectivity index is 1.78. The number of nitrogens with one attached hydrogen (secondary N) is 2. The molecule has 4 rings (SSSR count). The minimum Gasteiger partial charge on any atom is -0.388 e. The van der Waals surface area contributed by atoms with Crippen LogP contribution in [0, 0.1) is 6.92 Å². The van der Waals surface area contributed by atoms with Crippen LogP contribution in [0.5, 0.6) is 0 Å². The van der Waals surface area contributed by atoms with Crippen LogP contribution in [0.3, 0.4) is 0 Å². The quantitative estimate of drug-likeness (QED) is 0.454. The fourth-order valence-electron chi connectivity index (χ4n) is 3.39. The van der Waals surface area contributed by atoms with Crippen molar-refractivity contribution in [2.24, 2.45) is 0 Å². The second-order valence-electron chi connectivity index (χ2n) is 7.64. The van der Waals surface area contributed by atoms with Crippen LogP contribution in [-0.4, -0.2) is 30.1 Å². The van der Waals surface area contributed by atoms with Crippen molar-refractivity contribution in [1.82, 2.24) is 25.0 Å². The zero-order valence-electron chi connectivity index (χ0n) is 17.1. The first-order valence-corrected chi connectivity index (χ1v) is 9.85. The summed E-state index contributed by atoms with van der Waals surface area (Å²) < 4.78 is 1.45. The number of hydrogen-bond donors (Lipinski definition) is 3. The minimum atomic E-state index is -0.746. The van der Waals surface area contributed by atoms with Gasteiger partial charge in [-0.05, 0) is 44.0 Å². The molecule has 3 heterocycles. The number of rotatable bonds is 6. The molecule has 1 aromatic carbocycles. The lowest BCUT2D eigenvalue weighted by atomic mass is 10.00. The number of anilines is 2. The Labute approximate surface area is 173 Å². The number of aliphatic hydroxyl groups excluding tert-OH is 1. The highest BCUT2D eigenvalue weighted by Gasteiger charge is 2.17. The lowest BCUT2D eigenvalue weighted by molar-refractivity contribution is 0.178. The van der Waals surface area contributed by atoms with Gasteiger partial charge >= 0.3 is 0 Å². The number of fused-ring (bicyclic) bond motifs is 1. The Hall–Kier alpha value is -3.52. The molecule has 0 spiro atoms. The third-order valence-electron chi connectivity index (χ3n) is 4.92. The van der Waals surface area contributed by atoms with Crippen molar-refractivity contribution in [2.45, 2.75) is 39.3 Å². The number of pyridine rings is 1. The predicted octanol–water partition coefficient (Wildman–Crippen LogP) is 3.42. The van der Waals surface area contributed by atoms with E-state index in [1.807, 2.05) is 51.1 Å². The van der Waals surface area contributed by atoms with Crippen molar-refractivity contribution < 1.29 is 5.11 Å². The van der Waals surface area contributed by atoms with Crippen molar-refractivity contribution in [2.75, 3.05) is 5.32 Å². The van der Waals surface area contributed by atoms with E-state index >= 15 is 0 Å². The molecular formula is C22H24N6O2. The van der Waals surface area contributed by atoms with Crippen LogP contribution in [0.2, 0.25) is 0 Å². The molecule has 0 saturated carbocycles. The van der Waals surface area contributed by atoms with E-state index in [1.54, 1.807) is 18.5 Å². The maximum atomic E-state index is 13.1. The van der Waals surface area contributed by atoms with Crippen molar-refractivity contribution >= 4 is 22.4 Å². The molecule has 0 aliphatic carbocycles.